The van der Waals surface area contributed by atoms with Crippen LogP contribution in [0, 0.1) is 0 Å². The Balaban J connectivity index is 3.08. The van der Waals surface area contributed by atoms with Gasteiger partial charge in [0.25, 0.3) is 15.0 Å². The van der Waals surface area contributed by atoms with Crippen LogP contribution in [0.2, 0.25) is 0 Å². The summed E-state index contributed by atoms with van der Waals surface area (Å²) in [5.74, 6) is -0.287. The van der Waals surface area contributed by atoms with Crippen molar-refractivity contribution >= 4 is 25.6 Å². The molecule has 1 rings (SSSR count). The van der Waals surface area contributed by atoms with E-state index in [0.717, 1.165) is 19.3 Å². The molecule has 7 heteroatoms. The van der Waals surface area contributed by atoms with Crippen LogP contribution in [0.5, 0.6) is 0 Å². The number of hydrogen-bond donors (Lipinski definition) is 1. The fourth-order valence-corrected chi connectivity index (χ4v) is 3.00. The second kappa shape index (κ2) is 6.18. The fourth-order valence-electron chi connectivity index (χ4n) is 2.21. The molecule has 0 atom stereocenters. The number of aryl methyl sites for hydroxylation is 1. The summed E-state index contributed by atoms with van der Waals surface area (Å²) in [7, 11) is 3.08. The molecule has 1 aromatic heterocycles. The van der Waals surface area contributed by atoms with Gasteiger partial charge in [0.15, 0.2) is 0 Å². The molecule has 0 aromatic carbocycles. The summed E-state index contributed by atoms with van der Waals surface area (Å²) in [4.78, 5) is 12.3. The van der Waals surface area contributed by atoms with Crippen LogP contribution in [-0.2, 0) is 16.1 Å². The van der Waals surface area contributed by atoms with Gasteiger partial charge in [0.2, 0.25) is 0 Å². The number of aromatic nitrogens is 1. The molecule has 0 unspecified atom stereocenters. The Bertz CT molecular complexity index is 580. The monoisotopic (exact) mass is 320 g/mol. The minimum Gasteiger partial charge on any atom is -0.345 e. The molecule has 0 bridgehead atoms. The van der Waals surface area contributed by atoms with Crippen molar-refractivity contribution in [3.05, 3.63) is 18.0 Å². The Morgan fingerprint density at radius 3 is 2.15 bits per heavy atom. The molecule has 0 aliphatic heterocycles. The molecule has 5 nitrogen and oxygen atoms in total. The van der Waals surface area contributed by atoms with Crippen LogP contribution in [0.4, 0.5) is 0 Å². The fraction of sp³-hybridized carbons (Fsp3) is 0.615. The standard InChI is InChI=1S/C13H21ClN2O3S/c1-5-13(6-2,7-3)15-12(17)11-8-10(9-16(11)4)20(14,18)19/h8-9H,5-7H2,1-4H3,(H,15,17). The minimum atomic E-state index is -3.83. The van der Waals surface area contributed by atoms with Gasteiger partial charge in [-0.05, 0) is 25.3 Å². The largest absolute Gasteiger partial charge is 0.345 e. The van der Waals surface area contributed by atoms with Gasteiger partial charge in [-0.2, -0.15) is 0 Å². The first-order valence-corrected chi connectivity index (χ1v) is 8.93. The molecular weight excluding hydrogens is 300 g/mol. The molecule has 0 fully saturated rings. The van der Waals surface area contributed by atoms with Gasteiger partial charge in [0.05, 0.1) is 0 Å². The minimum absolute atomic E-state index is 0.0677. The van der Waals surface area contributed by atoms with Gasteiger partial charge in [0.1, 0.15) is 10.6 Å². The van der Waals surface area contributed by atoms with Crippen LogP contribution in [0.25, 0.3) is 0 Å². The van der Waals surface area contributed by atoms with Gasteiger partial charge >= 0.3 is 0 Å². The highest BCUT2D eigenvalue weighted by atomic mass is 35.7. The Morgan fingerprint density at radius 2 is 1.80 bits per heavy atom. The van der Waals surface area contributed by atoms with Crippen molar-refractivity contribution in [1.82, 2.24) is 9.88 Å². The molecule has 1 N–H and O–H groups in total. The number of amides is 1. The van der Waals surface area contributed by atoms with E-state index in [9.17, 15) is 13.2 Å². The summed E-state index contributed by atoms with van der Waals surface area (Å²) >= 11 is 0. The Labute approximate surface area is 124 Å². The lowest BCUT2D eigenvalue weighted by Gasteiger charge is -2.31. The number of nitrogens with zero attached hydrogens (tertiary/aromatic N) is 1. The topological polar surface area (TPSA) is 68.2 Å². The molecule has 0 saturated carbocycles. The average molecular weight is 321 g/mol. The second-order valence-electron chi connectivity index (χ2n) is 4.90. The summed E-state index contributed by atoms with van der Waals surface area (Å²) in [6.45, 7) is 6.06. The number of carbonyl (C=O) groups excluding carboxylic acids is 1. The molecule has 1 amide bonds. The van der Waals surface area contributed by atoms with Crippen molar-refractivity contribution in [3.8, 4) is 0 Å². The molecule has 0 aliphatic carbocycles. The van der Waals surface area contributed by atoms with Crippen molar-refractivity contribution in [2.45, 2.75) is 50.5 Å². The van der Waals surface area contributed by atoms with E-state index in [1.807, 2.05) is 20.8 Å². The average Bonchev–Trinajstić information content (AvgIpc) is 2.78. The van der Waals surface area contributed by atoms with Crippen molar-refractivity contribution in [2.75, 3.05) is 0 Å². The van der Waals surface area contributed by atoms with Crippen LogP contribution in [0.15, 0.2) is 17.2 Å². The summed E-state index contributed by atoms with van der Waals surface area (Å²) in [6, 6.07) is 1.30. The van der Waals surface area contributed by atoms with Crippen molar-refractivity contribution in [3.63, 3.8) is 0 Å². The van der Waals surface area contributed by atoms with Crippen molar-refractivity contribution in [2.24, 2.45) is 7.05 Å². The zero-order chi connectivity index (χ0) is 15.6. The highest BCUT2D eigenvalue weighted by Gasteiger charge is 2.28. The number of hydrogen-bond acceptors (Lipinski definition) is 3. The molecule has 0 spiro atoms. The predicted octanol–water partition coefficient (Wildman–Crippen LogP) is 2.65. The maximum Gasteiger partial charge on any atom is 0.268 e. The highest BCUT2D eigenvalue weighted by molar-refractivity contribution is 8.13. The lowest BCUT2D eigenvalue weighted by atomic mass is 9.89. The predicted molar refractivity (Wildman–Crippen MR) is 79.5 cm³/mol. The van der Waals surface area contributed by atoms with E-state index in [-0.39, 0.29) is 22.0 Å². The van der Waals surface area contributed by atoms with Crippen molar-refractivity contribution < 1.29 is 13.2 Å². The maximum atomic E-state index is 12.3. The van der Waals surface area contributed by atoms with Crippen LogP contribution < -0.4 is 5.32 Å². The van der Waals surface area contributed by atoms with E-state index in [1.165, 1.54) is 16.8 Å². The number of nitrogens with one attached hydrogen (secondary N) is 1. The molecule has 114 valence electrons. The third-order valence-electron chi connectivity index (χ3n) is 3.90. The first kappa shape index (κ1) is 17.0. The van der Waals surface area contributed by atoms with Gasteiger partial charge in [-0.25, -0.2) is 8.42 Å². The molecule has 0 radical (unpaired) electrons. The number of carbonyl (C=O) groups is 1. The molecular formula is C13H21ClN2O3S. The smallest absolute Gasteiger partial charge is 0.268 e. The molecule has 0 aliphatic rings. The van der Waals surface area contributed by atoms with Crippen LogP contribution in [0.3, 0.4) is 0 Å². The van der Waals surface area contributed by atoms with Crippen LogP contribution in [-0.4, -0.2) is 24.4 Å². The SMILES string of the molecule is CCC(CC)(CC)NC(=O)c1cc(S(=O)(=O)Cl)cn1C. The summed E-state index contributed by atoms with van der Waals surface area (Å²) in [5.41, 5.74) is 0.0189. The van der Waals surface area contributed by atoms with Gasteiger partial charge in [-0.3, -0.25) is 4.79 Å². The van der Waals surface area contributed by atoms with E-state index < -0.39 is 9.05 Å². The summed E-state index contributed by atoms with van der Waals surface area (Å²) < 4.78 is 24.1. The molecule has 0 saturated heterocycles. The van der Waals surface area contributed by atoms with E-state index in [2.05, 4.69) is 5.32 Å². The molecule has 1 heterocycles. The normalized spacial score (nSPS) is 12.4. The first-order valence-electron chi connectivity index (χ1n) is 6.62. The van der Waals surface area contributed by atoms with Gasteiger partial charge in [0, 0.05) is 29.5 Å². The second-order valence-corrected chi connectivity index (χ2v) is 7.47. The first-order chi connectivity index (χ1) is 9.19. The van der Waals surface area contributed by atoms with Gasteiger partial charge < -0.3 is 9.88 Å². The third kappa shape index (κ3) is 3.55. The lowest BCUT2D eigenvalue weighted by molar-refractivity contribution is 0.0879. The molecule has 20 heavy (non-hydrogen) atoms. The molecule has 1 aromatic rings. The van der Waals surface area contributed by atoms with E-state index in [0.29, 0.717) is 0 Å². The number of rotatable bonds is 6. The Kier molecular flexibility index (Phi) is 5.27. The summed E-state index contributed by atoms with van der Waals surface area (Å²) in [6.07, 6.45) is 3.78. The van der Waals surface area contributed by atoms with Gasteiger partial charge in [-0.1, -0.05) is 20.8 Å². The van der Waals surface area contributed by atoms with E-state index >= 15 is 0 Å². The van der Waals surface area contributed by atoms with Gasteiger partial charge in [-0.15, -0.1) is 0 Å². The quantitative estimate of drug-likeness (QED) is 0.819. The van der Waals surface area contributed by atoms with E-state index in [1.54, 1.807) is 7.05 Å². The van der Waals surface area contributed by atoms with Crippen LogP contribution in [0.1, 0.15) is 50.5 Å². The number of halogens is 1. The van der Waals surface area contributed by atoms with Crippen LogP contribution >= 0.6 is 10.7 Å². The highest BCUT2D eigenvalue weighted by Crippen LogP contribution is 2.22. The zero-order valence-electron chi connectivity index (χ0n) is 12.2. The zero-order valence-corrected chi connectivity index (χ0v) is 13.8. The lowest BCUT2D eigenvalue weighted by Crippen LogP contribution is -2.47. The van der Waals surface area contributed by atoms with Crippen molar-refractivity contribution in [1.29, 1.82) is 0 Å². The Morgan fingerprint density at radius 1 is 1.30 bits per heavy atom. The Hall–Kier alpha value is -1.01. The maximum absolute atomic E-state index is 12.3. The third-order valence-corrected chi connectivity index (χ3v) is 5.22. The summed E-state index contributed by atoms with van der Waals surface area (Å²) in [5, 5.41) is 3.00. The van der Waals surface area contributed by atoms with E-state index in [4.69, 9.17) is 10.7 Å².